The van der Waals surface area contributed by atoms with Crippen molar-refractivity contribution in [3.63, 3.8) is 0 Å². The molecule has 2 rings (SSSR count). The Balaban J connectivity index is 2.47. The van der Waals surface area contributed by atoms with E-state index < -0.39 is 11.9 Å². The van der Waals surface area contributed by atoms with E-state index >= 15 is 0 Å². The first-order valence-electron chi connectivity index (χ1n) is 5.21. The molecule has 4 nitrogen and oxygen atoms in total. The van der Waals surface area contributed by atoms with E-state index in [-0.39, 0.29) is 12.0 Å². The number of methoxy groups -OCH3 is 1. The second-order valence-corrected chi connectivity index (χ2v) is 3.82. The van der Waals surface area contributed by atoms with Gasteiger partial charge in [0.15, 0.2) is 0 Å². The number of ether oxygens (including phenoxy) is 2. The number of rotatable bonds is 2. The van der Waals surface area contributed by atoms with Crippen molar-refractivity contribution in [2.24, 2.45) is 0 Å². The highest BCUT2D eigenvalue weighted by Gasteiger charge is 2.30. The van der Waals surface area contributed by atoms with Gasteiger partial charge in [-0.2, -0.15) is 0 Å². The molecule has 1 aromatic rings. The number of carbonyl (C=O) groups excluding carboxylic acids is 2. The molecule has 0 aliphatic carbocycles. The molecule has 0 spiro atoms. The standard InChI is InChI=1S/C13H12O4/c1-8-4-3-5-9(6-8)12-10(13(15)16-2)7-11(14)17-12/h3-6H,7H2,1-2H3. The van der Waals surface area contributed by atoms with Gasteiger partial charge in [-0.3, -0.25) is 4.79 Å². The number of esters is 2. The van der Waals surface area contributed by atoms with Crippen molar-refractivity contribution < 1.29 is 19.1 Å². The van der Waals surface area contributed by atoms with Gasteiger partial charge in [0.05, 0.1) is 19.1 Å². The molecular weight excluding hydrogens is 220 g/mol. The summed E-state index contributed by atoms with van der Waals surface area (Å²) in [5.74, 6) is -0.639. The molecule has 1 aliphatic heterocycles. The van der Waals surface area contributed by atoms with Crippen LogP contribution in [0.5, 0.6) is 0 Å². The van der Waals surface area contributed by atoms with Crippen LogP contribution in [0.15, 0.2) is 29.8 Å². The lowest BCUT2D eigenvalue weighted by molar-refractivity contribution is -0.138. The highest BCUT2D eigenvalue weighted by molar-refractivity contribution is 6.05. The summed E-state index contributed by atoms with van der Waals surface area (Å²) in [6.45, 7) is 1.93. The van der Waals surface area contributed by atoms with Gasteiger partial charge >= 0.3 is 11.9 Å². The first-order chi connectivity index (χ1) is 8.11. The molecule has 1 aliphatic rings. The Morgan fingerprint density at radius 3 is 2.82 bits per heavy atom. The minimum absolute atomic E-state index is 0.0318. The maximum atomic E-state index is 11.5. The average Bonchev–Trinajstić information content (AvgIpc) is 2.70. The molecule has 0 amide bonds. The number of carbonyl (C=O) groups is 2. The first-order valence-corrected chi connectivity index (χ1v) is 5.21. The minimum Gasteiger partial charge on any atom is -0.466 e. The fourth-order valence-corrected chi connectivity index (χ4v) is 1.74. The van der Waals surface area contributed by atoms with Crippen molar-refractivity contribution in [1.29, 1.82) is 0 Å². The van der Waals surface area contributed by atoms with Crippen LogP contribution < -0.4 is 0 Å². The Bertz CT molecular complexity index is 514. The van der Waals surface area contributed by atoms with Crippen LogP contribution in [0.3, 0.4) is 0 Å². The van der Waals surface area contributed by atoms with Crippen LogP contribution in [0.25, 0.3) is 5.76 Å². The van der Waals surface area contributed by atoms with Gasteiger partial charge in [-0.1, -0.05) is 23.8 Å². The maximum Gasteiger partial charge on any atom is 0.338 e. The summed E-state index contributed by atoms with van der Waals surface area (Å²) in [6, 6.07) is 7.43. The predicted octanol–water partition coefficient (Wildman–Crippen LogP) is 1.83. The molecule has 88 valence electrons. The zero-order valence-corrected chi connectivity index (χ0v) is 9.65. The van der Waals surface area contributed by atoms with Gasteiger partial charge in [0.1, 0.15) is 5.76 Å². The Morgan fingerprint density at radius 1 is 1.41 bits per heavy atom. The third-order valence-electron chi connectivity index (χ3n) is 2.52. The Kier molecular flexibility index (Phi) is 2.95. The quantitative estimate of drug-likeness (QED) is 0.730. The summed E-state index contributed by atoms with van der Waals surface area (Å²) in [4.78, 5) is 22.8. The van der Waals surface area contributed by atoms with Crippen molar-refractivity contribution in [2.75, 3.05) is 7.11 Å². The molecule has 0 unspecified atom stereocenters. The van der Waals surface area contributed by atoms with E-state index in [1.165, 1.54) is 7.11 Å². The first kappa shape index (κ1) is 11.4. The van der Waals surface area contributed by atoms with Gasteiger partial charge in [0.25, 0.3) is 0 Å². The van der Waals surface area contributed by atoms with Gasteiger partial charge in [0.2, 0.25) is 0 Å². The van der Waals surface area contributed by atoms with Crippen LogP contribution in [0.1, 0.15) is 17.5 Å². The number of benzene rings is 1. The van der Waals surface area contributed by atoms with Crippen molar-refractivity contribution in [2.45, 2.75) is 13.3 Å². The monoisotopic (exact) mass is 232 g/mol. The zero-order chi connectivity index (χ0) is 12.4. The fourth-order valence-electron chi connectivity index (χ4n) is 1.74. The maximum absolute atomic E-state index is 11.5. The normalized spacial score (nSPS) is 14.8. The summed E-state index contributed by atoms with van der Waals surface area (Å²) in [6.07, 6.45) is -0.0318. The number of cyclic esters (lactones) is 1. The minimum atomic E-state index is -0.521. The van der Waals surface area contributed by atoms with E-state index in [1.807, 2.05) is 25.1 Å². The highest BCUT2D eigenvalue weighted by Crippen LogP contribution is 2.30. The summed E-state index contributed by atoms with van der Waals surface area (Å²) in [5.41, 5.74) is 2.03. The molecule has 1 aromatic carbocycles. The second kappa shape index (κ2) is 4.41. The van der Waals surface area contributed by atoms with Gasteiger partial charge in [-0.25, -0.2) is 4.79 Å². The van der Waals surface area contributed by atoms with Crippen molar-refractivity contribution in [1.82, 2.24) is 0 Å². The van der Waals surface area contributed by atoms with Crippen LogP contribution in [-0.4, -0.2) is 19.0 Å². The SMILES string of the molecule is COC(=O)C1=C(c2cccc(C)c2)OC(=O)C1. The molecule has 1 heterocycles. The molecule has 0 N–H and O–H groups in total. The van der Waals surface area contributed by atoms with Crippen LogP contribution >= 0.6 is 0 Å². The van der Waals surface area contributed by atoms with Crippen LogP contribution in [-0.2, 0) is 19.1 Å². The second-order valence-electron chi connectivity index (χ2n) is 3.82. The lowest BCUT2D eigenvalue weighted by Crippen LogP contribution is -2.05. The zero-order valence-electron chi connectivity index (χ0n) is 9.65. The Labute approximate surface area is 98.8 Å². The molecule has 0 saturated carbocycles. The summed E-state index contributed by atoms with van der Waals surface area (Å²) >= 11 is 0. The summed E-state index contributed by atoms with van der Waals surface area (Å²) in [5, 5.41) is 0. The summed E-state index contributed by atoms with van der Waals surface area (Å²) in [7, 11) is 1.28. The Hall–Kier alpha value is -2.10. The topological polar surface area (TPSA) is 52.6 Å². The smallest absolute Gasteiger partial charge is 0.338 e. The molecule has 0 bridgehead atoms. The van der Waals surface area contributed by atoms with E-state index in [0.29, 0.717) is 5.76 Å². The molecular formula is C13H12O4. The lowest BCUT2D eigenvalue weighted by atomic mass is 10.1. The molecule has 0 radical (unpaired) electrons. The van der Waals surface area contributed by atoms with Gasteiger partial charge in [-0.05, 0) is 13.0 Å². The van der Waals surface area contributed by atoms with E-state index in [0.717, 1.165) is 11.1 Å². The third kappa shape index (κ3) is 2.20. The van der Waals surface area contributed by atoms with Gasteiger partial charge in [-0.15, -0.1) is 0 Å². The number of hydrogen-bond acceptors (Lipinski definition) is 4. The van der Waals surface area contributed by atoms with Crippen LogP contribution in [0.2, 0.25) is 0 Å². The molecule has 0 atom stereocenters. The van der Waals surface area contributed by atoms with E-state index in [2.05, 4.69) is 4.74 Å². The number of aryl methyl sites for hydroxylation is 1. The van der Waals surface area contributed by atoms with Crippen LogP contribution in [0, 0.1) is 6.92 Å². The molecule has 4 heteroatoms. The highest BCUT2D eigenvalue weighted by atomic mass is 16.6. The fraction of sp³-hybridized carbons (Fsp3) is 0.231. The molecule has 0 aromatic heterocycles. The van der Waals surface area contributed by atoms with Gasteiger partial charge in [0, 0.05) is 5.56 Å². The molecule has 0 fully saturated rings. The molecule has 0 saturated heterocycles. The molecule has 17 heavy (non-hydrogen) atoms. The van der Waals surface area contributed by atoms with Gasteiger partial charge < -0.3 is 9.47 Å². The average molecular weight is 232 g/mol. The van der Waals surface area contributed by atoms with E-state index in [4.69, 9.17) is 4.74 Å². The summed E-state index contributed by atoms with van der Waals surface area (Å²) < 4.78 is 9.71. The van der Waals surface area contributed by atoms with Crippen LogP contribution in [0.4, 0.5) is 0 Å². The largest absolute Gasteiger partial charge is 0.466 e. The predicted molar refractivity (Wildman–Crippen MR) is 60.8 cm³/mol. The van der Waals surface area contributed by atoms with Crippen molar-refractivity contribution >= 4 is 17.7 Å². The van der Waals surface area contributed by atoms with E-state index in [1.54, 1.807) is 6.07 Å². The van der Waals surface area contributed by atoms with Crippen molar-refractivity contribution in [3.8, 4) is 0 Å². The number of hydrogen-bond donors (Lipinski definition) is 0. The van der Waals surface area contributed by atoms with Crippen molar-refractivity contribution in [3.05, 3.63) is 41.0 Å². The third-order valence-corrected chi connectivity index (χ3v) is 2.52. The van der Waals surface area contributed by atoms with E-state index in [9.17, 15) is 9.59 Å². The lowest BCUT2D eigenvalue weighted by Gasteiger charge is -2.05. The Morgan fingerprint density at radius 2 is 2.18 bits per heavy atom.